The first-order valence-electron chi connectivity index (χ1n) is 18.1. The molecule has 5 aliphatic rings. The largest absolute Gasteiger partial charge is 0.465 e. The van der Waals surface area contributed by atoms with E-state index in [4.69, 9.17) is 4.74 Å². The minimum atomic E-state index is 0.343. The number of hydrogen-bond acceptors (Lipinski definition) is 2. The molecule has 50 heavy (non-hydrogen) atoms. The number of benzene rings is 4. The summed E-state index contributed by atoms with van der Waals surface area (Å²) in [5, 5.41) is 0. The van der Waals surface area contributed by atoms with E-state index in [0.29, 0.717) is 11.8 Å². The van der Waals surface area contributed by atoms with Crippen LogP contribution < -0.4 is 4.90 Å². The van der Waals surface area contributed by atoms with Crippen LogP contribution in [0, 0.1) is 5.92 Å². The molecule has 4 aromatic rings. The van der Waals surface area contributed by atoms with E-state index in [-0.39, 0.29) is 0 Å². The SMILES string of the molecule is C1=CC(c2ccccc2)CC2=C1C1CC(C3=CC=C(C4=CC=C(N(c5ccccc5)c5ccc(-c6ccccc6)cc5)CC4)CC3)=CC=C1O2. The quantitative estimate of drug-likeness (QED) is 0.198. The van der Waals surface area contributed by atoms with Gasteiger partial charge in [-0.15, -0.1) is 0 Å². The number of ether oxygens (including phenoxy) is 1. The smallest absolute Gasteiger partial charge is 0.112 e. The van der Waals surface area contributed by atoms with Crippen LogP contribution in [0.2, 0.25) is 0 Å². The third-order valence-electron chi connectivity index (χ3n) is 10.9. The molecule has 0 bridgehead atoms. The highest BCUT2D eigenvalue weighted by Gasteiger charge is 2.36. The third kappa shape index (κ3) is 5.96. The van der Waals surface area contributed by atoms with Crippen LogP contribution in [0.25, 0.3) is 11.1 Å². The van der Waals surface area contributed by atoms with E-state index < -0.39 is 0 Å². The minimum Gasteiger partial charge on any atom is -0.465 e. The van der Waals surface area contributed by atoms with E-state index in [0.717, 1.165) is 44.3 Å². The monoisotopic (exact) mass is 647 g/mol. The zero-order chi connectivity index (χ0) is 33.3. The normalized spacial score (nSPS) is 21.0. The van der Waals surface area contributed by atoms with E-state index in [2.05, 4.69) is 169 Å². The Kier molecular flexibility index (Phi) is 8.14. The van der Waals surface area contributed by atoms with Crippen LogP contribution in [0.4, 0.5) is 11.4 Å². The standard InChI is InChI=1S/C48H41NO/c1-4-10-34(11-5-1)37-20-26-43(27-21-37)49(42-14-8-3-9-15-42)44-28-22-38(23-29-44)36-16-18-39(19-17-36)40-25-31-47-46(32-40)45-30-24-41(33-48(45)50-47)35-12-6-2-7-13-35/h1-16,18,20-22,24-28,30-31,41,46H,17,19,23,29,32-33H2. The maximum atomic E-state index is 6.46. The summed E-state index contributed by atoms with van der Waals surface area (Å²) < 4.78 is 6.46. The Labute approximate surface area is 296 Å². The van der Waals surface area contributed by atoms with Crippen molar-refractivity contribution in [2.75, 3.05) is 4.90 Å². The van der Waals surface area contributed by atoms with Gasteiger partial charge in [-0.05, 0) is 108 Å². The summed E-state index contributed by atoms with van der Waals surface area (Å²) in [5.41, 5.74) is 14.8. The average Bonchev–Trinajstić information content (AvgIpc) is 3.57. The lowest BCUT2D eigenvalue weighted by Crippen LogP contribution is -2.18. The van der Waals surface area contributed by atoms with E-state index >= 15 is 0 Å². The van der Waals surface area contributed by atoms with Gasteiger partial charge in [0, 0.05) is 40.9 Å². The number of rotatable bonds is 7. The molecule has 0 radical (unpaired) electrons. The molecular weight excluding hydrogens is 607 g/mol. The Hall–Kier alpha value is -5.60. The summed E-state index contributed by atoms with van der Waals surface area (Å²) in [5.74, 6) is 3.02. The van der Waals surface area contributed by atoms with Crippen LogP contribution in [-0.2, 0) is 4.74 Å². The number of hydrogen-bond donors (Lipinski definition) is 0. The van der Waals surface area contributed by atoms with Crippen LogP contribution >= 0.6 is 0 Å². The molecule has 0 N–H and O–H groups in total. The van der Waals surface area contributed by atoms with Crippen molar-refractivity contribution in [1.82, 2.24) is 0 Å². The van der Waals surface area contributed by atoms with E-state index in [1.54, 1.807) is 0 Å². The summed E-state index contributed by atoms with van der Waals surface area (Å²) in [4.78, 5) is 2.42. The van der Waals surface area contributed by atoms with Gasteiger partial charge in [-0.25, -0.2) is 0 Å². The van der Waals surface area contributed by atoms with Crippen LogP contribution in [0.3, 0.4) is 0 Å². The highest BCUT2D eigenvalue weighted by atomic mass is 16.5. The molecule has 2 nitrogen and oxygen atoms in total. The first-order valence-corrected chi connectivity index (χ1v) is 18.1. The van der Waals surface area contributed by atoms with Gasteiger partial charge in [0.15, 0.2) is 0 Å². The summed E-state index contributed by atoms with van der Waals surface area (Å²) in [6.45, 7) is 0. The predicted octanol–water partition coefficient (Wildman–Crippen LogP) is 12.6. The lowest BCUT2D eigenvalue weighted by Gasteiger charge is -2.30. The molecule has 0 fully saturated rings. The van der Waals surface area contributed by atoms with Crippen molar-refractivity contribution in [2.24, 2.45) is 5.92 Å². The highest BCUT2D eigenvalue weighted by Crippen LogP contribution is 2.48. The lowest BCUT2D eigenvalue weighted by atomic mass is 9.79. The summed E-state index contributed by atoms with van der Waals surface area (Å²) in [6.07, 6.45) is 25.0. The number of para-hydroxylation sites is 1. The zero-order valence-electron chi connectivity index (χ0n) is 28.3. The van der Waals surface area contributed by atoms with Crippen LogP contribution in [0.15, 0.2) is 209 Å². The molecule has 244 valence electrons. The van der Waals surface area contributed by atoms with Crippen LogP contribution in [0.1, 0.15) is 50.0 Å². The fourth-order valence-corrected chi connectivity index (χ4v) is 8.22. The molecule has 0 spiro atoms. The molecule has 4 aromatic carbocycles. The number of nitrogens with zero attached hydrogens (tertiary/aromatic N) is 1. The molecule has 2 atom stereocenters. The second kappa shape index (κ2) is 13.4. The summed E-state index contributed by atoms with van der Waals surface area (Å²) in [6, 6.07) is 41.2. The Balaban J connectivity index is 0.909. The second-order valence-electron chi connectivity index (χ2n) is 13.9. The van der Waals surface area contributed by atoms with Gasteiger partial charge in [-0.1, -0.05) is 127 Å². The molecule has 0 aromatic heterocycles. The number of allylic oxidation sites excluding steroid dienone is 15. The van der Waals surface area contributed by atoms with Crippen molar-refractivity contribution in [3.05, 3.63) is 215 Å². The first-order chi connectivity index (χ1) is 24.8. The molecular formula is C48H41NO. The molecule has 0 saturated heterocycles. The molecule has 0 saturated carbocycles. The van der Waals surface area contributed by atoms with Gasteiger partial charge >= 0.3 is 0 Å². The van der Waals surface area contributed by atoms with Gasteiger partial charge < -0.3 is 9.64 Å². The third-order valence-corrected chi connectivity index (χ3v) is 10.9. The summed E-state index contributed by atoms with van der Waals surface area (Å²) >= 11 is 0. The molecule has 4 aliphatic carbocycles. The summed E-state index contributed by atoms with van der Waals surface area (Å²) in [7, 11) is 0. The van der Waals surface area contributed by atoms with E-state index in [1.165, 1.54) is 67.4 Å². The van der Waals surface area contributed by atoms with Crippen LogP contribution in [-0.4, -0.2) is 0 Å². The molecule has 2 unspecified atom stereocenters. The minimum absolute atomic E-state index is 0.343. The Morgan fingerprint density at radius 1 is 0.500 bits per heavy atom. The average molecular weight is 648 g/mol. The fraction of sp³-hybridized carbons (Fsp3) is 0.167. The van der Waals surface area contributed by atoms with E-state index in [1.807, 2.05) is 0 Å². The predicted molar refractivity (Wildman–Crippen MR) is 207 cm³/mol. The lowest BCUT2D eigenvalue weighted by molar-refractivity contribution is 0.287. The van der Waals surface area contributed by atoms with Gasteiger partial charge in [-0.3, -0.25) is 0 Å². The first kappa shape index (κ1) is 30.5. The molecule has 2 heteroatoms. The van der Waals surface area contributed by atoms with Crippen molar-refractivity contribution in [1.29, 1.82) is 0 Å². The van der Waals surface area contributed by atoms with Crippen molar-refractivity contribution in [3.8, 4) is 11.1 Å². The number of anilines is 2. The van der Waals surface area contributed by atoms with Crippen molar-refractivity contribution in [2.45, 2.75) is 44.4 Å². The maximum Gasteiger partial charge on any atom is 0.112 e. The fourth-order valence-electron chi connectivity index (χ4n) is 8.22. The van der Waals surface area contributed by atoms with Gasteiger partial charge in [0.05, 0.1) is 0 Å². The van der Waals surface area contributed by atoms with Crippen molar-refractivity contribution >= 4 is 11.4 Å². The molecule has 0 amide bonds. The molecule has 1 aliphatic heterocycles. The van der Waals surface area contributed by atoms with Crippen molar-refractivity contribution in [3.63, 3.8) is 0 Å². The maximum absolute atomic E-state index is 6.46. The van der Waals surface area contributed by atoms with Crippen LogP contribution in [0.5, 0.6) is 0 Å². The van der Waals surface area contributed by atoms with Gasteiger partial charge in [0.2, 0.25) is 0 Å². The van der Waals surface area contributed by atoms with Crippen molar-refractivity contribution < 1.29 is 4.74 Å². The molecule has 1 heterocycles. The number of fused-ring (bicyclic) bond motifs is 2. The van der Waals surface area contributed by atoms with Gasteiger partial charge in [-0.2, -0.15) is 0 Å². The Bertz CT molecular complexity index is 2150. The van der Waals surface area contributed by atoms with E-state index in [9.17, 15) is 0 Å². The highest BCUT2D eigenvalue weighted by molar-refractivity contribution is 5.73. The Morgan fingerprint density at radius 2 is 1.08 bits per heavy atom. The zero-order valence-corrected chi connectivity index (χ0v) is 28.3. The van der Waals surface area contributed by atoms with Gasteiger partial charge in [0.1, 0.15) is 11.5 Å². The second-order valence-corrected chi connectivity index (χ2v) is 13.9. The molecule has 9 rings (SSSR count). The van der Waals surface area contributed by atoms with Gasteiger partial charge in [0.25, 0.3) is 0 Å². The topological polar surface area (TPSA) is 12.5 Å². The Morgan fingerprint density at radius 3 is 1.76 bits per heavy atom.